The van der Waals surface area contributed by atoms with Gasteiger partial charge in [0, 0.05) is 12.2 Å². The zero-order valence-corrected chi connectivity index (χ0v) is 25.5. The second-order valence-corrected chi connectivity index (χ2v) is 13.6. The molecule has 0 radical (unpaired) electrons. The van der Waals surface area contributed by atoms with Crippen LogP contribution in [0.5, 0.6) is 0 Å². The molecule has 41 heavy (non-hydrogen) atoms. The molecule has 1 unspecified atom stereocenters. The van der Waals surface area contributed by atoms with Crippen molar-refractivity contribution in [1.82, 2.24) is 24.2 Å². The van der Waals surface area contributed by atoms with Crippen molar-refractivity contribution >= 4 is 67.3 Å². The first-order chi connectivity index (χ1) is 19.9. The Morgan fingerprint density at radius 1 is 1.12 bits per heavy atom. The summed E-state index contributed by atoms with van der Waals surface area (Å²) < 4.78 is 6.07. The number of aryl methyl sites for hydroxylation is 1. The Morgan fingerprint density at radius 2 is 1.93 bits per heavy atom. The predicted molar refractivity (Wildman–Crippen MR) is 172 cm³/mol. The minimum Gasteiger partial charge on any atom is -0.385 e. The van der Waals surface area contributed by atoms with Gasteiger partial charge in [0.2, 0.25) is 0 Å². The molecule has 3 aromatic heterocycles. The van der Waals surface area contributed by atoms with Crippen LogP contribution < -0.4 is 20.9 Å². The summed E-state index contributed by atoms with van der Waals surface area (Å²) in [5.41, 5.74) is 1.92. The summed E-state index contributed by atoms with van der Waals surface area (Å²) in [6.45, 7) is 8.08. The number of hydrogen-bond donors (Lipinski definition) is 3. The van der Waals surface area contributed by atoms with Crippen molar-refractivity contribution in [3.8, 4) is 5.82 Å². The van der Waals surface area contributed by atoms with Crippen molar-refractivity contribution in [2.24, 2.45) is 0 Å². The van der Waals surface area contributed by atoms with Gasteiger partial charge in [0.05, 0.1) is 31.3 Å². The van der Waals surface area contributed by atoms with Gasteiger partial charge in [-0.2, -0.15) is 0 Å². The van der Waals surface area contributed by atoms with Crippen LogP contribution in [0.3, 0.4) is 0 Å². The lowest BCUT2D eigenvalue weighted by molar-refractivity contribution is 0.228. The number of rotatable bonds is 9. The van der Waals surface area contributed by atoms with Gasteiger partial charge in [0.15, 0.2) is 0 Å². The third-order valence-corrected chi connectivity index (χ3v) is 10.2. The van der Waals surface area contributed by atoms with Crippen molar-refractivity contribution < 1.29 is 4.79 Å². The highest BCUT2D eigenvalue weighted by atomic mass is 35.5. The first kappa shape index (κ1) is 29.2. The molecule has 0 bridgehead atoms. The number of piperidine rings is 1. The molecule has 4 aromatic rings. The SMILES string of the molecule is C/C=S(\NC(=O)Nc1ccc(-n2c(C)nc3cc(NCCCN4CCCCC4)ccc3c2=O)nc1)c1ccc(Cl)s1. The Balaban J connectivity index is 1.23. The van der Waals surface area contributed by atoms with E-state index in [9.17, 15) is 9.59 Å². The van der Waals surface area contributed by atoms with E-state index in [2.05, 4.69) is 25.2 Å². The minimum absolute atomic E-state index is 0.188. The molecule has 0 aliphatic carbocycles. The van der Waals surface area contributed by atoms with Crippen molar-refractivity contribution in [2.45, 2.75) is 43.7 Å². The molecule has 4 heterocycles. The van der Waals surface area contributed by atoms with E-state index in [-0.39, 0.29) is 11.6 Å². The predicted octanol–water partition coefficient (Wildman–Crippen LogP) is 6.28. The zero-order chi connectivity index (χ0) is 28.8. The fraction of sp³-hybridized carbons (Fsp3) is 0.345. The van der Waals surface area contributed by atoms with E-state index >= 15 is 0 Å². The van der Waals surface area contributed by atoms with Crippen LogP contribution in [-0.2, 0) is 0 Å². The molecule has 12 heteroatoms. The highest BCUT2D eigenvalue weighted by Crippen LogP contribution is 2.33. The second kappa shape index (κ2) is 13.6. The Bertz CT molecular complexity index is 1610. The summed E-state index contributed by atoms with van der Waals surface area (Å²) in [6, 6.07) is 12.4. The summed E-state index contributed by atoms with van der Waals surface area (Å²) >= 11 is 7.47. The van der Waals surface area contributed by atoms with E-state index in [4.69, 9.17) is 16.6 Å². The standard InChI is InChI=1S/C29H34ClN7O2S2/c1-3-41(27-13-11-25(30)40-27)35-29(39)34-22-9-12-26(32-19-22)37-20(2)33-24-18-21(8-10-23(24)28(37)38)31-14-7-17-36-15-5-4-6-16-36/h3,8-13,18-19,31H,4-7,14-17H2,1-2H3,(H2,34,35,39). The van der Waals surface area contributed by atoms with Gasteiger partial charge in [-0.15, -0.1) is 11.3 Å². The third kappa shape index (κ3) is 7.34. The van der Waals surface area contributed by atoms with E-state index in [0.717, 1.165) is 29.4 Å². The lowest BCUT2D eigenvalue weighted by atomic mass is 10.1. The van der Waals surface area contributed by atoms with Crippen molar-refractivity contribution in [3.05, 3.63) is 69.2 Å². The Morgan fingerprint density at radius 3 is 2.63 bits per heavy atom. The van der Waals surface area contributed by atoms with Crippen LogP contribution in [0.1, 0.15) is 38.4 Å². The molecule has 1 saturated heterocycles. The molecule has 1 aromatic carbocycles. The molecule has 1 atom stereocenters. The van der Waals surface area contributed by atoms with Gasteiger partial charge in [-0.3, -0.25) is 9.52 Å². The molecule has 1 aliphatic rings. The molecular formula is C29H34ClN7O2S2. The smallest absolute Gasteiger partial charge is 0.329 e. The Labute approximate surface area is 251 Å². The van der Waals surface area contributed by atoms with Gasteiger partial charge in [0.25, 0.3) is 5.56 Å². The molecule has 5 rings (SSSR count). The number of urea groups is 1. The maximum absolute atomic E-state index is 13.4. The van der Waals surface area contributed by atoms with Gasteiger partial charge in [-0.25, -0.2) is 19.3 Å². The van der Waals surface area contributed by atoms with Gasteiger partial charge in [-0.05, 0) is 101 Å². The van der Waals surface area contributed by atoms with E-state index in [0.29, 0.717) is 32.6 Å². The summed E-state index contributed by atoms with van der Waals surface area (Å²) in [6.07, 6.45) is 6.56. The average Bonchev–Trinajstić information content (AvgIpc) is 3.41. The number of hydrogen-bond acceptors (Lipinski definition) is 7. The Kier molecular flexibility index (Phi) is 9.71. The molecule has 9 nitrogen and oxygen atoms in total. The molecular weight excluding hydrogens is 578 g/mol. The maximum Gasteiger partial charge on any atom is 0.329 e. The van der Waals surface area contributed by atoms with Crippen LogP contribution in [0.4, 0.5) is 16.2 Å². The number of thiophene rings is 1. The molecule has 1 aliphatic heterocycles. The number of carbonyl (C=O) groups is 1. The molecule has 216 valence electrons. The van der Waals surface area contributed by atoms with Gasteiger partial charge < -0.3 is 15.5 Å². The summed E-state index contributed by atoms with van der Waals surface area (Å²) in [5, 5.41) is 8.71. The number of halogens is 1. The van der Waals surface area contributed by atoms with Crippen molar-refractivity contribution in [3.63, 3.8) is 0 Å². The number of amides is 2. The van der Waals surface area contributed by atoms with Crippen LogP contribution in [0.25, 0.3) is 16.7 Å². The largest absolute Gasteiger partial charge is 0.385 e. The number of fused-ring (bicyclic) bond motifs is 1. The second-order valence-electron chi connectivity index (χ2n) is 9.81. The molecule has 0 spiro atoms. The molecule has 1 fully saturated rings. The monoisotopic (exact) mass is 611 g/mol. The van der Waals surface area contributed by atoms with Crippen LogP contribution in [0.2, 0.25) is 4.34 Å². The quantitative estimate of drug-likeness (QED) is 0.152. The number of benzene rings is 1. The average molecular weight is 612 g/mol. The summed E-state index contributed by atoms with van der Waals surface area (Å²) in [7, 11) is -0.571. The van der Waals surface area contributed by atoms with E-state index in [1.54, 1.807) is 19.1 Å². The fourth-order valence-electron chi connectivity index (χ4n) is 4.88. The zero-order valence-electron chi connectivity index (χ0n) is 23.2. The lowest BCUT2D eigenvalue weighted by Gasteiger charge is -2.26. The topological polar surface area (TPSA) is 104 Å². The number of aromatic nitrogens is 3. The van der Waals surface area contributed by atoms with E-state index < -0.39 is 10.7 Å². The van der Waals surface area contributed by atoms with Gasteiger partial charge >= 0.3 is 6.03 Å². The molecule has 3 N–H and O–H groups in total. The number of anilines is 2. The number of likely N-dealkylation sites (tertiary alicyclic amines) is 1. The Hall–Kier alpha value is -3.25. The van der Waals surface area contributed by atoms with Gasteiger partial charge in [-0.1, -0.05) is 28.7 Å². The molecule has 2 amide bonds. The van der Waals surface area contributed by atoms with Crippen LogP contribution in [0.15, 0.2) is 57.7 Å². The van der Waals surface area contributed by atoms with Crippen molar-refractivity contribution in [2.75, 3.05) is 36.8 Å². The number of carbonyl (C=O) groups excluding carboxylic acids is 1. The number of pyridine rings is 1. The highest BCUT2D eigenvalue weighted by Gasteiger charge is 2.13. The summed E-state index contributed by atoms with van der Waals surface area (Å²) in [4.78, 5) is 37.7. The van der Waals surface area contributed by atoms with E-state index in [1.165, 1.54) is 54.5 Å². The van der Waals surface area contributed by atoms with Crippen LogP contribution in [-0.4, -0.2) is 57.0 Å². The lowest BCUT2D eigenvalue weighted by Crippen LogP contribution is -2.31. The molecule has 0 saturated carbocycles. The minimum atomic E-state index is -0.571. The van der Waals surface area contributed by atoms with Crippen LogP contribution >= 0.6 is 33.6 Å². The van der Waals surface area contributed by atoms with Crippen molar-refractivity contribution in [1.29, 1.82) is 0 Å². The fourth-order valence-corrected chi connectivity index (χ4v) is 7.76. The first-order valence-electron chi connectivity index (χ1n) is 13.7. The van der Waals surface area contributed by atoms with Gasteiger partial charge in [0.1, 0.15) is 11.6 Å². The summed E-state index contributed by atoms with van der Waals surface area (Å²) in [5.74, 6) is 0.968. The normalized spacial score (nSPS) is 14.7. The van der Waals surface area contributed by atoms with E-state index in [1.807, 2.05) is 42.6 Å². The number of nitrogens with zero attached hydrogens (tertiary/aromatic N) is 4. The number of nitrogens with one attached hydrogen (secondary N) is 3. The first-order valence-corrected chi connectivity index (χ1v) is 16.2. The third-order valence-electron chi connectivity index (χ3n) is 6.90. The van der Waals surface area contributed by atoms with Crippen LogP contribution in [0, 0.1) is 6.92 Å². The maximum atomic E-state index is 13.4. The highest BCUT2D eigenvalue weighted by molar-refractivity contribution is 8.15.